The molecular formula is C32H34Cl2N4O5. The Morgan fingerprint density at radius 1 is 0.907 bits per heavy atom. The second kappa shape index (κ2) is 13.2. The minimum atomic E-state index is -0.561. The van der Waals surface area contributed by atoms with Crippen molar-refractivity contribution in [1.29, 1.82) is 0 Å². The lowest BCUT2D eigenvalue weighted by Gasteiger charge is -2.39. The van der Waals surface area contributed by atoms with Crippen molar-refractivity contribution in [3.8, 4) is 11.5 Å². The molecule has 3 aromatic rings. The van der Waals surface area contributed by atoms with Crippen molar-refractivity contribution < 1.29 is 24.2 Å². The molecule has 0 saturated carbocycles. The average Bonchev–Trinajstić information content (AvgIpc) is 3.41. The van der Waals surface area contributed by atoms with E-state index >= 15 is 0 Å². The van der Waals surface area contributed by atoms with Crippen LogP contribution in [0.15, 0.2) is 71.7 Å². The highest BCUT2D eigenvalue weighted by Gasteiger charge is 2.45. The monoisotopic (exact) mass is 624 g/mol. The number of hydrogen-bond acceptors (Lipinski definition) is 6. The summed E-state index contributed by atoms with van der Waals surface area (Å²) in [6.45, 7) is 4.57. The van der Waals surface area contributed by atoms with Gasteiger partial charge in [-0.2, -0.15) is 0 Å². The summed E-state index contributed by atoms with van der Waals surface area (Å²) in [4.78, 5) is 36.9. The SMILES string of the molecule is COc1ccc(C2=NC(c3ccc(Cl)cc3)C(c3ccc(Cl)cc3)N2C(=O)N2CCN(C(=O)CO)CC2)c(OC(C)C)c1. The normalized spacial score (nSPS) is 18.6. The molecule has 1 N–H and O–H groups in total. The zero-order chi connectivity index (χ0) is 30.7. The molecule has 0 radical (unpaired) electrons. The summed E-state index contributed by atoms with van der Waals surface area (Å²) in [5.41, 5.74) is 2.38. The first-order valence-corrected chi connectivity index (χ1v) is 14.9. The average molecular weight is 626 g/mol. The fraction of sp³-hybridized carbons (Fsp3) is 0.344. The maximum absolute atomic E-state index is 14.6. The first-order chi connectivity index (χ1) is 20.7. The molecule has 11 heteroatoms. The van der Waals surface area contributed by atoms with Gasteiger partial charge in [-0.25, -0.2) is 4.79 Å². The second-order valence-electron chi connectivity index (χ2n) is 10.7. The number of benzene rings is 3. The van der Waals surface area contributed by atoms with Gasteiger partial charge in [-0.3, -0.25) is 14.7 Å². The van der Waals surface area contributed by atoms with E-state index in [0.717, 1.165) is 11.1 Å². The first-order valence-electron chi connectivity index (χ1n) is 14.1. The van der Waals surface area contributed by atoms with Gasteiger partial charge in [0.2, 0.25) is 5.91 Å². The number of aliphatic imine (C=N–C) groups is 1. The van der Waals surface area contributed by atoms with E-state index < -0.39 is 18.7 Å². The molecule has 1 fully saturated rings. The van der Waals surface area contributed by atoms with Gasteiger partial charge in [-0.1, -0.05) is 47.5 Å². The zero-order valence-corrected chi connectivity index (χ0v) is 25.8. The number of rotatable bonds is 7. The number of aliphatic hydroxyl groups excluding tert-OH is 1. The first kappa shape index (κ1) is 30.7. The summed E-state index contributed by atoms with van der Waals surface area (Å²) in [6, 6.07) is 19.1. The highest BCUT2D eigenvalue weighted by molar-refractivity contribution is 6.30. The van der Waals surface area contributed by atoms with Crippen molar-refractivity contribution in [3.63, 3.8) is 0 Å². The van der Waals surface area contributed by atoms with Crippen molar-refractivity contribution in [1.82, 2.24) is 14.7 Å². The fourth-order valence-electron chi connectivity index (χ4n) is 5.42. The topological polar surface area (TPSA) is 94.9 Å². The third kappa shape index (κ3) is 6.59. The van der Waals surface area contributed by atoms with Crippen LogP contribution in [-0.2, 0) is 4.79 Å². The molecule has 43 heavy (non-hydrogen) atoms. The summed E-state index contributed by atoms with van der Waals surface area (Å²) in [7, 11) is 1.59. The molecule has 226 valence electrons. The number of hydrogen-bond donors (Lipinski definition) is 1. The van der Waals surface area contributed by atoms with Gasteiger partial charge in [0.05, 0.1) is 24.8 Å². The van der Waals surface area contributed by atoms with Gasteiger partial charge >= 0.3 is 6.03 Å². The van der Waals surface area contributed by atoms with Crippen LogP contribution < -0.4 is 9.47 Å². The molecule has 2 atom stereocenters. The number of carbonyl (C=O) groups excluding carboxylic acids is 2. The van der Waals surface area contributed by atoms with Crippen LogP contribution in [0.3, 0.4) is 0 Å². The Labute approximate surface area is 261 Å². The van der Waals surface area contributed by atoms with Crippen LogP contribution in [0, 0.1) is 0 Å². The van der Waals surface area contributed by atoms with Crippen molar-refractivity contribution in [2.75, 3.05) is 39.9 Å². The van der Waals surface area contributed by atoms with Crippen LogP contribution in [0.5, 0.6) is 11.5 Å². The minimum absolute atomic E-state index is 0.145. The Hall–Kier alpha value is -3.79. The molecule has 0 aliphatic carbocycles. The van der Waals surface area contributed by atoms with Crippen molar-refractivity contribution in [3.05, 3.63) is 93.5 Å². The molecule has 0 bridgehead atoms. The molecule has 2 unspecified atom stereocenters. The lowest BCUT2D eigenvalue weighted by Crippen LogP contribution is -2.55. The number of amides is 3. The summed E-state index contributed by atoms with van der Waals surface area (Å²) in [5.74, 6) is 1.25. The molecule has 0 aromatic heterocycles. The number of methoxy groups -OCH3 is 1. The molecule has 0 spiro atoms. The summed E-state index contributed by atoms with van der Waals surface area (Å²) >= 11 is 12.5. The lowest BCUT2D eigenvalue weighted by atomic mass is 9.93. The second-order valence-corrected chi connectivity index (χ2v) is 11.5. The summed E-state index contributed by atoms with van der Waals surface area (Å²) in [5, 5.41) is 10.5. The Morgan fingerprint density at radius 2 is 1.49 bits per heavy atom. The largest absolute Gasteiger partial charge is 0.497 e. The molecule has 9 nitrogen and oxygen atoms in total. The van der Waals surface area contributed by atoms with Gasteiger partial charge in [-0.05, 0) is 61.4 Å². The van der Waals surface area contributed by atoms with E-state index in [1.807, 2.05) is 62.4 Å². The Balaban J connectivity index is 1.64. The van der Waals surface area contributed by atoms with Gasteiger partial charge < -0.3 is 24.4 Å². The standard InChI is InChI=1S/C32H34Cl2N4O5/c1-20(2)43-27-18-25(42-3)12-13-26(27)31-35-29(21-4-8-23(33)9-5-21)30(22-6-10-24(34)11-7-22)38(31)32(41)37-16-14-36(15-17-37)28(40)19-39/h4-13,18,20,29-30,39H,14-17,19H2,1-3H3. The quantitative estimate of drug-likeness (QED) is 0.370. The van der Waals surface area contributed by atoms with E-state index in [0.29, 0.717) is 59.1 Å². The molecule has 2 aliphatic heterocycles. The maximum Gasteiger partial charge on any atom is 0.326 e. The van der Waals surface area contributed by atoms with Gasteiger partial charge in [-0.15, -0.1) is 0 Å². The minimum Gasteiger partial charge on any atom is -0.497 e. The number of ether oxygens (including phenoxy) is 2. The van der Waals surface area contributed by atoms with Crippen LogP contribution in [0.25, 0.3) is 0 Å². The van der Waals surface area contributed by atoms with Crippen LogP contribution in [0.4, 0.5) is 4.79 Å². The molecule has 5 rings (SSSR count). The van der Waals surface area contributed by atoms with Gasteiger partial charge in [0.15, 0.2) is 0 Å². The molecular weight excluding hydrogens is 591 g/mol. The number of urea groups is 1. The predicted octanol–water partition coefficient (Wildman–Crippen LogP) is 5.59. The summed E-state index contributed by atoms with van der Waals surface area (Å²) in [6.07, 6.45) is -0.145. The number of amidine groups is 1. The third-order valence-corrected chi connectivity index (χ3v) is 8.03. The van der Waals surface area contributed by atoms with Crippen LogP contribution in [-0.4, -0.2) is 83.6 Å². The number of nitrogens with zero attached hydrogens (tertiary/aromatic N) is 4. The Kier molecular flexibility index (Phi) is 9.44. The van der Waals surface area contributed by atoms with Crippen molar-refractivity contribution in [2.24, 2.45) is 4.99 Å². The molecule has 1 saturated heterocycles. The zero-order valence-electron chi connectivity index (χ0n) is 24.2. The Morgan fingerprint density at radius 3 is 2.05 bits per heavy atom. The fourth-order valence-corrected chi connectivity index (χ4v) is 5.67. The van der Waals surface area contributed by atoms with E-state index in [9.17, 15) is 14.7 Å². The van der Waals surface area contributed by atoms with Gasteiger partial charge in [0, 0.05) is 42.3 Å². The Bertz CT molecular complexity index is 1490. The summed E-state index contributed by atoms with van der Waals surface area (Å²) < 4.78 is 11.7. The van der Waals surface area contributed by atoms with Crippen LogP contribution >= 0.6 is 23.2 Å². The number of aliphatic hydroxyl groups is 1. The van der Waals surface area contributed by atoms with E-state index in [1.54, 1.807) is 40.0 Å². The predicted molar refractivity (Wildman–Crippen MR) is 166 cm³/mol. The van der Waals surface area contributed by atoms with E-state index in [4.69, 9.17) is 37.7 Å². The van der Waals surface area contributed by atoms with Crippen molar-refractivity contribution in [2.45, 2.75) is 32.0 Å². The molecule has 3 amide bonds. The number of piperazine rings is 1. The molecule has 2 heterocycles. The van der Waals surface area contributed by atoms with E-state index in [-0.39, 0.29) is 18.0 Å². The smallest absolute Gasteiger partial charge is 0.326 e. The highest BCUT2D eigenvalue weighted by atomic mass is 35.5. The van der Waals surface area contributed by atoms with Crippen molar-refractivity contribution >= 4 is 41.0 Å². The van der Waals surface area contributed by atoms with Gasteiger partial charge in [0.25, 0.3) is 0 Å². The van der Waals surface area contributed by atoms with E-state index in [1.165, 1.54) is 0 Å². The number of carbonyl (C=O) groups is 2. The van der Waals surface area contributed by atoms with Gasteiger partial charge in [0.1, 0.15) is 30.0 Å². The highest BCUT2D eigenvalue weighted by Crippen LogP contribution is 2.46. The third-order valence-electron chi connectivity index (χ3n) is 7.53. The van der Waals surface area contributed by atoms with Crippen LogP contribution in [0.1, 0.15) is 42.6 Å². The van der Waals surface area contributed by atoms with E-state index in [2.05, 4.69) is 0 Å². The maximum atomic E-state index is 14.6. The lowest BCUT2D eigenvalue weighted by molar-refractivity contribution is -0.135. The van der Waals surface area contributed by atoms with Crippen LogP contribution in [0.2, 0.25) is 10.0 Å². The molecule has 3 aromatic carbocycles. The number of halogens is 2. The molecule has 2 aliphatic rings.